The summed E-state index contributed by atoms with van der Waals surface area (Å²) in [6, 6.07) is 7.28. The molecule has 0 amide bonds. The molecule has 6 heteroatoms. The Labute approximate surface area is 122 Å². The van der Waals surface area contributed by atoms with Gasteiger partial charge in [0, 0.05) is 18.0 Å². The van der Waals surface area contributed by atoms with E-state index in [4.69, 9.17) is 0 Å². The van der Waals surface area contributed by atoms with E-state index in [1.165, 1.54) is 42.6 Å². The predicted octanol–water partition coefficient (Wildman–Crippen LogP) is 3.10. The van der Waals surface area contributed by atoms with Crippen LogP contribution < -0.4 is 5.56 Å². The van der Waals surface area contributed by atoms with E-state index < -0.39 is 11.8 Å². The van der Waals surface area contributed by atoms with Crippen LogP contribution in [0, 0.1) is 5.82 Å². The highest BCUT2D eigenvalue weighted by atomic mass is 32.1. The standard InChI is InChI=1S/C15H10FNO3S/c1-17-12(15(19)20)11(8-2-4-9(16)5-3-8)10-6-7-21-13(10)14(17)18/h2-7H,1H3,(H,19,20). The summed E-state index contributed by atoms with van der Waals surface area (Å²) in [7, 11) is 1.43. The lowest BCUT2D eigenvalue weighted by Gasteiger charge is -2.12. The second-order valence-corrected chi connectivity index (χ2v) is 5.48. The zero-order valence-corrected chi connectivity index (χ0v) is 11.8. The minimum Gasteiger partial charge on any atom is -0.477 e. The first kappa shape index (κ1) is 13.5. The molecule has 0 spiro atoms. The van der Waals surface area contributed by atoms with Crippen molar-refractivity contribution in [1.29, 1.82) is 0 Å². The molecule has 106 valence electrons. The number of thiophene rings is 1. The SMILES string of the molecule is Cn1c(C(=O)O)c(-c2ccc(F)cc2)c2ccsc2c1=O. The number of aromatic nitrogens is 1. The molecule has 21 heavy (non-hydrogen) atoms. The summed E-state index contributed by atoms with van der Waals surface area (Å²) in [6.45, 7) is 0. The van der Waals surface area contributed by atoms with Crippen molar-refractivity contribution < 1.29 is 14.3 Å². The van der Waals surface area contributed by atoms with Gasteiger partial charge in [-0.15, -0.1) is 11.3 Å². The van der Waals surface area contributed by atoms with Gasteiger partial charge in [0.25, 0.3) is 5.56 Å². The van der Waals surface area contributed by atoms with Gasteiger partial charge in [0.1, 0.15) is 16.2 Å². The number of fused-ring (bicyclic) bond motifs is 1. The normalized spacial score (nSPS) is 11.0. The summed E-state index contributed by atoms with van der Waals surface area (Å²) >= 11 is 1.26. The van der Waals surface area contributed by atoms with Gasteiger partial charge in [-0.25, -0.2) is 9.18 Å². The molecule has 0 saturated heterocycles. The van der Waals surface area contributed by atoms with Crippen molar-refractivity contribution in [2.75, 3.05) is 0 Å². The van der Waals surface area contributed by atoms with Crippen molar-refractivity contribution in [2.45, 2.75) is 0 Å². The number of halogens is 1. The van der Waals surface area contributed by atoms with Crippen molar-refractivity contribution in [3.8, 4) is 11.1 Å². The Balaban J connectivity index is 2.50. The van der Waals surface area contributed by atoms with Crippen molar-refractivity contribution in [1.82, 2.24) is 4.57 Å². The van der Waals surface area contributed by atoms with Crippen LogP contribution in [0.15, 0.2) is 40.5 Å². The molecule has 0 saturated carbocycles. The summed E-state index contributed by atoms with van der Waals surface area (Å²) in [5.41, 5.74) is 0.550. The fourth-order valence-corrected chi connectivity index (χ4v) is 3.26. The van der Waals surface area contributed by atoms with Crippen LogP contribution in [0.1, 0.15) is 10.5 Å². The summed E-state index contributed by atoms with van der Waals surface area (Å²) in [4.78, 5) is 23.8. The highest BCUT2D eigenvalue weighted by Crippen LogP contribution is 2.32. The maximum Gasteiger partial charge on any atom is 0.353 e. The maximum absolute atomic E-state index is 13.1. The third-order valence-corrected chi connectivity index (χ3v) is 4.24. The number of carbonyl (C=O) groups is 1. The smallest absolute Gasteiger partial charge is 0.353 e. The Bertz CT molecular complexity index is 909. The second-order valence-electron chi connectivity index (χ2n) is 4.56. The van der Waals surface area contributed by atoms with Crippen LogP contribution in [-0.4, -0.2) is 15.6 Å². The Kier molecular flexibility index (Phi) is 3.10. The van der Waals surface area contributed by atoms with E-state index in [2.05, 4.69) is 0 Å². The van der Waals surface area contributed by atoms with Crippen LogP contribution in [-0.2, 0) is 7.05 Å². The number of hydrogen-bond acceptors (Lipinski definition) is 3. The van der Waals surface area contributed by atoms with Gasteiger partial charge in [-0.3, -0.25) is 4.79 Å². The molecule has 0 radical (unpaired) electrons. The lowest BCUT2D eigenvalue weighted by molar-refractivity contribution is 0.0686. The molecule has 4 nitrogen and oxygen atoms in total. The van der Waals surface area contributed by atoms with E-state index in [0.29, 0.717) is 21.2 Å². The molecule has 0 unspecified atom stereocenters. The van der Waals surface area contributed by atoms with Gasteiger partial charge < -0.3 is 9.67 Å². The Morgan fingerprint density at radius 3 is 2.52 bits per heavy atom. The molecule has 1 N–H and O–H groups in total. The average Bonchev–Trinajstić information content (AvgIpc) is 2.92. The van der Waals surface area contributed by atoms with Crippen LogP contribution in [0.3, 0.4) is 0 Å². The van der Waals surface area contributed by atoms with Crippen LogP contribution in [0.2, 0.25) is 0 Å². The summed E-state index contributed by atoms with van der Waals surface area (Å²) in [5, 5.41) is 11.8. The lowest BCUT2D eigenvalue weighted by Crippen LogP contribution is -2.23. The molecule has 0 aliphatic heterocycles. The number of benzene rings is 1. The monoisotopic (exact) mass is 303 g/mol. The first-order chi connectivity index (χ1) is 10.0. The molecular formula is C15H10FNO3S. The number of nitrogens with zero attached hydrogens (tertiary/aromatic N) is 1. The zero-order valence-electron chi connectivity index (χ0n) is 11.0. The van der Waals surface area contributed by atoms with Gasteiger partial charge in [0.15, 0.2) is 0 Å². The molecule has 0 bridgehead atoms. The molecule has 2 aromatic heterocycles. The minimum absolute atomic E-state index is 0.0995. The number of carboxylic acid groups (broad SMARTS) is 1. The largest absolute Gasteiger partial charge is 0.477 e. The second kappa shape index (κ2) is 4.82. The zero-order chi connectivity index (χ0) is 15.1. The summed E-state index contributed by atoms with van der Waals surface area (Å²) in [6.07, 6.45) is 0. The topological polar surface area (TPSA) is 59.3 Å². The lowest BCUT2D eigenvalue weighted by atomic mass is 10.00. The summed E-state index contributed by atoms with van der Waals surface area (Å²) in [5.74, 6) is -1.59. The quantitative estimate of drug-likeness (QED) is 0.791. The van der Waals surface area contributed by atoms with Crippen molar-refractivity contribution in [3.63, 3.8) is 0 Å². The Morgan fingerprint density at radius 1 is 1.24 bits per heavy atom. The fraction of sp³-hybridized carbons (Fsp3) is 0.0667. The van der Waals surface area contributed by atoms with E-state index in [-0.39, 0.29) is 11.3 Å². The van der Waals surface area contributed by atoms with Gasteiger partial charge in [-0.05, 0) is 29.1 Å². The molecule has 1 aromatic carbocycles. The number of rotatable bonds is 2. The van der Waals surface area contributed by atoms with Gasteiger partial charge in [0.2, 0.25) is 0 Å². The van der Waals surface area contributed by atoms with Gasteiger partial charge in [0.05, 0.1) is 0 Å². The molecule has 0 aliphatic rings. The third-order valence-electron chi connectivity index (χ3n) is 3.34. The average molecular weight is 303 g/mol. The van der Waals surface area contributed by atoms with E-state index in [0.717, 1.165) is 4.57 Å². The van der Waals surface area contributed by atoms with Crippen LogP contribution in [0.5, 0.6) is 0 Å². The molecular weight excluding hydrogens is 293 g/mol. The van der Waals surface area contributed by atoms with Gasteiger partial charge in [-0.2, -0.15) is 0 Å². The van der Waals surface area contributed by atoms with E-state index in [1.807, 2.05) is 0 Å². The maximum atomic E-state index is 13.1. The van der Waals surface area contributed by atoms with E-state index in [9.17, 15) is 19.1 Å². The Morgan fingerprint density at radius 2 is 1.90 bits per heavy atom. The number of hydrogen-bond donors (Lipinski definition) is 1. The molecule has 3 rings (SSSR count). The van der Waals surface area contributed by atoms with Crippen molar-refractivity contribution in [2.24, 2.45) is 7.05 Å². The molecule has 0 aliphatic carbocycles. The molecule has 0 atom stereocenters. The number of aromatic carboxylic acids is 1. The van der Waals surface area contributed by atoms with E-state index in [1.54, 1.807) is 11.4 Å². The molecule has 0 fully saturated rings. The van der Waals surface area contributed by atoms with Gasteiger partial charge >= 0.3 is 5.97 Å². The highest BCUT2D eigenvalue weighted by molar-refractivity contribution is 7.17. The van der Waals surface area contributed by atoms with Gasteiger partial charge in [-0.1, -0.05) is 12.1 Å². The van der Waals surface area contributed by atoms with Crippen LogP contribution in [0.4, 0.5) is 4.39 Å². The number of pyridine rings is 1. The Hall–Kier alpha value is -2.47. The molecule has 3 aromatic rings. The van der Waals surface area contributed by atoms with Crippen LogP contribution >= 0.6 is 11.3 Å². The molecule has 2 heterocycles. The van der Waals surface area contributed by atoms with Crippen molar-refractivity contribution in [3.05, 3.63) is 57.6 Å². The third kappa shape index (κ3) is 2.04. The first-order valence-corrected chi connectivity index (χ1v) is 6.98. The van der Waals surface area contributed by atoms with Crippen LogP contribution in [0.25, 0.3) is 21.2 Å². The van der Waals surface area contributed by atoms with Crippen molar-refractivity contribution >= 4 is 27.4 Å². The summed E-state index contributed by atoms with van der Waals surface area (Å²) < 4.78 is 14.7. The van der Waals surface area contributed by atoms with E-state index >= 15 is 0 Å². The minimum atomic E-state index is -1.19. The highest BCUT2D eigenvalue weighted by Gasteiger charge is 2.21. The fourth-order valence-electron chi connectivity index (χ4n) is 2.38. The number of carboxylic acids is 1. The predicted molar refractivity (Wildman–Crippen MR) is 79.4 cm³/mol. The first-order valence-electron chi connectivity index (χ1n) is 6.10.